The van der Waals surface area contributed by atoms with Crippen LogP contribution in [0.3, 0.4) is 0 Å². The van der Waals surface area contributed by atoms with Gasteiger partial charge in [-0.3, -0.25) is 0 Å². The Morgan fingerprint density at radius 3 is 1.41 bits per heavy atom. The fraction of sp³-hybridized carbons (Fsp3) is 0.250. The average molecular weight is 404 g/mol. The van der Waals surface area contributed by atoms with E-state index in [2.05, 4.69) is 31.0 Å². The summed E-state index contributed by atoms with van der Waals surface area (Å²) in [5, 5.41) is -2.68. The van der Waals surface area contributed by atoms with Crippen molar-refractivity contribution in [2.24, 2.45) is 0 Å². The Morgan fingerprint density at radius 2 is 1.18 bits per heavy atom. The standard InChI is InChI=1S/C8H3Br2F6P/c9-17(10)6-4(7(11,12)13)2-1-3-5(6)8(14,15)16/h1-3H. The predicted molar refractivity (Wildman–Crippen MR) is 60.9 cm³/mol. The first kappa shape index (κ1) is 15.2. The maximum absolute atomic E-state index is 12.6. The summed E-state index contributed by atoms with van der Waals surface area (Å²) >= 11 is 5.50. The molecule has 96 valence electrons. The molecule has 0 heterocycles. The zero-order valence-electron chi connectivity index (χ0n) is 7.70. The van der Waals surface area contributed by atoms with Crippen LogP contribution in [0.4, 0.5) is 26.3 Å². The quantitative estimate of drug-likeness (QED) is 0.432. The van der Waals surface area contributed by atoms with Gasteiger partial charge in [-0.05, 0) is 43.1 Å². The number of benzene rings is 1. The molecule has 0 spiro atoms. The third kappa shape index (κ3) is 3.58. The van der Waals surface area contributed by atoms with Crippen molar-refractivity contribution >= 4 is 41.6 Å². The molecule has 0 radical (unpaired) electrons. The van der Waals surface area contributed by atoms with Crippen molar-refractivity contribution < 1.29 is 26.3 Å². The van der Waals surface area contributed by atoms with Crippen LogP contribution in [0.1, 0.15) is 11.1 Å². The van der Waals surface area contributed by atoms with Gasteiger partial charge in [-0.1, -0.05) is 6.07 Å². The number of hydrogen-bond donors (Lipinski definition) is 0. The number of alkyl halides is 6. The van der Waals surface area contributed by atoms with Crippen molar-refractivity contribution in [3.63, 3.8) is 0 Å². The molecule has 0 unspecified atom stereocenters. The van der Waals surface area contributed by atoms with E-state index in [1.807, 2.05) is 0 Å². The molecule has 0 aliphatic rings. The van der Waals surface area contributed by atoms with E-state index in [0.717, 1.165) is 6.07 Å². The average Bonchev–Trinajstić information content (AvgIpc) is 2.13. The highest BCUT2D eigenvalue weighted by Crippen LogP contribution is 2.55. The van der Waals surface area contributed by atoms with Gasteiger partial charge >= 0.3 is 12.4 Å². The van der Waals surface area contributed by atoms with Crippen LogP contribution in [0.25, 0.3) is 0 Å². The van der Waals surface area contributed by atoms with Gasteiger partial charge in [0.1, 0.15) is 0 Å². The molecule has 0 bridgehead atoms. The molecular formula is C8H3Br2F6P. The Balaban J connectivity index is 3.55. The molecular weight excluding hydrogens is 401 g/mol. The second-order valence-electron chi connectivity index (χ2n) is 2.93. The Bertz CT molecular complexity index is 379. The first-order valence-electron chi connectivity index (χ1n) is 3.94. The third-order valence-electron chi connectivity index (χ3n) is 1.82. The van der Waals surface area contributed by atoms with Gasteiger partial charge < -0.3 is 0 Å². The van der Waals surface area contributed by atoms with Crippen molar-refractivity contribution in [2.75, 3.05) is 0 Å². The van der Waals surface area contributed by atoms with Crippen LogP contribution < -0.4 is 5.30 Å². The first-order valence-corrected chi connectivity index (χ1v) is 9.32. The molecule has 0 atom stereocenters. The molecule has 0 saturated heterocycles. The number of halogens is 8. The smallest absolute Gasteiger partial charge is 0.166 e. The molecule has 17 heavy (non-hydrogen) atoms. The number of hydrogen-bond acceptors (Lipinski definition) is 0. The van der Waals surface area contributed by atoms with E-state index in [1.54, 1.807) is 0 Å². The molecule has 0 N–H and O–H groups in total. The molecule has 1 rings (SSSR count). The van der Waals surface area contributed by atoms with E-state index in [-0.39, 0.29) is 0 Å². The van der Waals surface area contributed by atoms with Gasteiger partial charge in [-0.15, -0.1) is 0 Å². The highest BCUT2D eigenvalue weighted by atomic mass is 79.9. The summed E-state index contributed by atoms with van der Waals surface area (Å²) in [6.07, 6.45) is -9.64. The van der Waals surface area contributed by atoms with Crippen molar-refractivity contribution in [3.05, 3.63) is 29.3 Å². The summed E-state index contributed by atoms with van der Waals surface area (Å²) in [5.74, 6) is 0. The second-order valence-corrected chi connectivity index (χ2v) is 11.0. The van der Waals surface area contributed by atoms with E-state index in [1.165, 1.54) is 0 Å². The van der Waals surface area contributed by atoms with Crippen molar-refractivity contribution in [3.8, 4) is 0 Å². The first-order chi connectivity index (χ1) is 7.55. The van der Waals surface area contributed by atoms with Gasteiger partial charge in [-0.2, -0.15) is 26.3 Å². The maximum Gasteiger partial charge on any atom is 0.417 e. The summed E-state index contributed by atoms with van der Waals surface area (Å²) in [7, 11) is 0. The molecule has 1 aromatic rings. The van der Waals surface area contributed by atoms with E-state index >= 15 is 0 Å². The molecule has 0 amide bonds. The van der Waals surface area contributed by atoms with Gasteiger partial charge in [0.15, 0.2) is 0 Å². The SMILES string of the molecule is FC(F)(F)c1cccc(C(F)(F)F)c1P(Br)Br. The predicted octanol–water partition coefficient (Wildman–Crippen LogP) is 5.45. The minimum Gasteiger partial charge on any atom is -0.166 e. The third-order valence-corrected chi connectivity index (χ3v) is 4.76. The molecule has 0 aliphatic carbocycles. The summed E-state index contributed by atoms with van der Waals surface area (Å²) in [6, 6.07) is 2.00. The van der Waals surface area contributed by atoms with Crippen LogP contribution in [0.5, 0.6) is 0 Å². The van der Waals surface area contributed by atoms with Gasteiger partial charge in [0.05, 0.1) is 16.5 Å². The van der Waals surface area contributed by atoms with Crippen LogP contribution in [-0.4, -0.2) is 0 Å². The molecule has 1 aromatic carbocycles. The zero-order valence-corrected chi connectivity index (χ0v) is 11.8. The van der Waals surface area contributed by atoms with E-state index in [0.29, 0.717) is 12.1 Å². The molecule has 0 fully saturated rings. The number of rotatable bonds is 1. The topological polar surface area (TPSA) is 0 Å². The fourth-order valence-corrected chi connectivity index (χ4v) is 4.24. The zero-order chi connectivity index (χ0) is 13.4. The lowest BCUT2D eigenvalue weighted by Crippen LogP contribution is -2.24. The van der Waals surface area contributed by atoms with Crippen LogP contribution >= 0.6 is 36.3 Å². The summed E-state index contributed by atoms with van der Waals surface area (Å²) in [5.41, 5.74) is -2.57. The fourth-order valence-electron chi connectivity index (χ4n) is 1.18. The molecule has 0 aliphatic heterocycles. The second kappa shape index (κ2) is 5.05. The minimum atomic E-state index is -4.82. The highest BCUT2D eigenvalue weighted by Gasteiger charge is 2.41. The lowest BCUT2D eigenvalue weighted by Gasteiger charge is -2.19. The Hall–Kier alpha value is 0.190. The lowest BCUT2D eigenvalue weighted by atomic mass is 10.1. The van der Waals surface area contributed by atoms with Crippen LogP contribution in [0.15, 0.2) is 18.2 Å². The van der Waals surface area contributed by atoms with Crippen LogP contribution in [0.2, 0.25) is 0 Å². The van der Waals surface area contributed by atoms with Gasteiger partial charge in [0.2, 0.25) is 0 Å². The highest BCUT2D eigenvalue weighted by molar-refractivity contribution is 9.70. The largest absolute Gasteiger partial charge is 0.417 e. The summed E-state index contributed by atoms with van der Waals surface area (Å²) in [4.78, 5) is 0. The maximum atomic E-state index is 12.6. The van der Waals surface area contributed by atoms with Crippen molar-refractivity contribution in [1.29, 1.82) is 0 Å². The van der Waals surface area contributed by atoms with Gasteiger partial charge in [-0.25, -0.2) is 0 Å². The Morgan fingerprint density at radius 1 is 0.824 bits per heavy atom. The van der Waals surface area contributed by atoms with Gasteiger partial charge in [0, 0.05) is 5.30 Å². The van der Waals surface area contributed by atoms with Gasteiger partial charge in [0.25, 0.3) is 0 Å². The van der Waals surface area contributed by atoms with Crippen molar-refractivity contribution in [1.82, 2.24) is 0 Å². The minimum absolute atomic E-state index is 0.627. The molecule has 0 saturated carbocycles. The molecule has 9 heteroatoms. The molecule has 0 aromatic heterocycles. The van der Waals surface area contributed by atoms with E-state index in [9.17, 15) is 26.3 Å². The summed E-state index contributed by atoms with van der Waals surface area (Å²) in [6.45, 7) is 0. The summed E-state index contributed by atoms with van der Waals surface area (Å²) < 4.78 is 75.5. The Labute approximate surface area is 110 Å². The molecule has 0 nitrogen and oxygen atoms in total. The van der Waals surface area contributed by atoms with E-state index in [4.69, 9.17) is 0 Å². The Kier molecular flexibility index (Phi) is 4.53. The normalized spacial score (nSPS) is 13.2. The van der Waals surface area contributed by atoms with Crippen LogP contribution in [-0.2, 0) is 12.4 Å². The lowest BCUT2D eigenvalue weighted by molar-refractivity contribution is -0.141. The monoisotopic (exact) mass is 402 g/mol. The van der Waals surface area contributed by atoms with Crippen LogP contribution in [0, 0.1) is 0 Å². The van der Waals surface area contributed by atoms with E-state index < -0.39 is 34.1 Å². The van der Waals surface area contributed by atoms with Crippen molar-refractivity contribution in [2.45, 2.75) is 12.4 Å².